The SMILES string of the molecule is CC.CC.CC.COCCCOC1=CC=C(OC)CC1. The third kappa shape index (κ3) is 15.1. The second-order valence-electron chi connectivity index (χ2n) is 3.16. The van der Waals surface area contributed by atoms with Crippen LogP contribution in [-0.4, -0.2) is 27.4 Å². The number of methoxy groups -OCH3 is 2. The van der Waals surface area contributed by atoms with Gasteiger partial charge in [0.25, 0.3) is 0 Å². The lowest BCUT2D eigenvalue weighted by Crippen LogP contribution is -2.02. The fraction of sp³-hybridized carbons (Fsp3) is 0.765. The molecule has 0 fully saturated rings. The van der Waals surface area contributed by atoms with Gasteiger partial charge in [-0.25, -0.2) is 0 Å². The maximum atomic E-state index is 5.56. The zero-order valence-corrected chi connectivity index (χ0v) is 14.9. The van der Waals surface area contributed by atoms with Gasteiger partial charge in [0.15, 0.2) is 0 Å². The second-order valence-corrected chi connectivity index (χ2v) is 3.16. The lowest BCUT2D eigenvalue weighted by molar-refractivity contribution is 0.139. The van der Waals surface area contributed by atoms with Crippen LogP contribution < -0.4 is 0 Å². The zero-order chi connectivity index (χ0) is 16.2. The third-order valence-electron chi connectivity index (χ3n) is 2.12. The molecule has 0 bridgehead atoms. The zero-order valence-electron chi connectivity index (χ0n) is 14.9. The third-order valence-corrected chi connectivity index (χ3v) is 2.12. The summed E-state index contributed by atoms with van der Waals surface area (Å²) in [4.78, 5) is 0. The average Bonchev–Trinajstić information content (AvgIpc) is 2.58. The highest BCUT2D eigenvalue weighted by atomic mass is 16.5. The van der Waals surface area contributed by atoms with E-state index in [2.05, 4.69) is 0 Å². The highest BCUT2D eigenvalue weighted by Gasteiger charge is 2.06. The molecule has 0 unspecified atom stereocenters. The van der Waals surface area contributed by atoms with Gasteiger partial charge in [-0.3, -0.25) is 0 Å². The van der Waals surface area contributed by atoms with Crippen LogP contribution in [-0.2, 0) is 14.2 Å². The summed E-state index contributed by atoms with van der Waals surface area (Å²) < 4.78 is 15.6. The van der Waals surface area contributed by atoms with Gasteiger partial charge >= 0.3 is 0 Å². The molecule has 0 aromatic rings. The quantitative estimate of drug-likeness (QED) is 0.619. The monoisotopic (exact) mass is 288 g/mol. The predicted molar refractivity (Wildman–Crippen MR) is 88.9 cm³/mol. The van der Waals surface area contributed by atoms with Gasteiger partial charge in [0.05, 0.1) is 25.2 Å². The van der Waals surface area contributed by atoms with Crippen LogP contribution in [0.4, 0.5) is 0 Å². The van der Waals surface area contributed by atoms with Crippen molar-refractivity contribution >= 4 is 0 Å². The first kappa shape index (κ1) is 24.1. The van der Waals surface area contributed by atoms with Crippen LogP contribution in [0.15, 0.2) is 23.7 Å². The summed E-state index contributed by atoms with van der Waals surface area (Å²) in [6.45, 7) is 13.5. The Morgan fingerprint density at radius 2 is 1.30 bits per heavy atom. The minimum absolute atomic E-state index is 0.732. The van der Waals surface area contributed by atoms with Crippen LogP contribution in [0.3, 0.4) is 0 Å². The molecule has 0 atom stereocenters. The number of hydrogen-bond acceptors (Lipinski definition) is 3. The molecule has 0 N–H and O–H groups in total. The van der Waals surface area contributed by atoms with Crippen LogP contribution >= 0.6 is 0 Å². The van der Waals surface area contributed by atoms with Crippen molar-refractivity contribution in [3.63, 3.8) is 0 Å². The Hall–Kier alpha value is -0.960. The Bertz CT molecular complexity index is 220. The van der Waals surface area contributed by atoms with E-state index in [0.29, 0.717) is 0 Å². The number of hydrogen-bond donors (Lipinski definition) is 0. The summed E-state index contributed by atoms with van der Waals surface area (Å²) in [6.07, 6.45) is 6.76. The smallest absolute Gasteiger partial charge is 0.0965 e. The lowest BCUT2D eigenvalue weighted by atomic mass is 10.1. The van der Waals surface area contributed by atoms with E-state index in [1.165, 1.54) is 0 Å². The number of rotatable bonds is 6. The van der Waals surface area contributed by atoms with Gasteiger partial charge in [0.2, 0.25) is 0 Å². The lowest BCUT2D eigenvalue weighted by Gasteiger charge is -2.14. The fourth-order valence-corrected chi connectivity index (χ4v) is 1.30. The highest BCUT2D eigenvalue weighted by Crippen LogP contribution is 2.19. The first-order valence-corrected chi connectivity index (χ1v) is 7.92. The van der Waals surface area contributed by atoms with Crippen molar-refractivity contribution in [1.82, 2.24) is 0 Å². The van der Waals surface area contributed by atoms with E-state index in [1.807, 2.05) is 53.7 Å². The highest BCUT2D eigenvalue weighted by molar-refractivity contribution is 5.17. The standard InChI is InChI=1S/C11H18O3.3C2H6/c1-12-8-3-9-14-11-6-4-10(13-2)5-7-11;3*1-2/h4,6H,3,5,7-9H2,1-2H3;3*1-2H3. The number of allylic oxidation sites excluding steroid dienone is 4. The molecule has 1 aliphatic rings. The molecule has 0 aliphatic heterocycles. The molecule has 0 saturated carbocycles. The normalized spacial score (nSPS) is 12.0. The van der Waals surface area contributed by atoms with E-state index in [9.17, 15) is 0 Å². The van der Waals surface area contributed by atoms with Crippen LogP contribution in [0.5, 0.6) is 0 Å². The van der Waals surface area contributed by atoms with Gasteiger partial charge in [-0.05, 0) is 12.2 Å². The van der Waals surface area contributed by atoms with Crippen LogP contribution in [0, 0.1) is 0 Å². The molecule has 122 valence electrons. The van der Waals surface area contributed by atoms with Gasteiger partial charge in [-0.2, -0.15) is 0 Å². The topological polar surface area (TPSA) is 27.7 Å². The van der Waals surface area contributed by atoms with Gasteiger partial charge in [0, 0.05) is 33.0 Å². The summed E-state index contributed by atoms with van der Waals surface area (Å²) in [5.74, 6) is 2.07. The van der Waals surface area contributed by atoms with E-state index in [4.69, 9.17) is 14.2 Å². The fourth-order valence-electron chi connectivity index (χ4n) is 1.30. The van der Waals surface area contributed by atoms with Gasteiger partial charge in [-0.1, -0.05) is 41.5 Å². The maximum Gasteiger partial charge on any atom is 0.0965 e. The molecule has 0 heterocycles. The molecule has 0 amide bonds. The molecule has 0 saturated heterocycles. The van der Waals surface area contributed by atoms with Crippen molar-refractivity contribution in [2.75, 3.05) is 27.4 Å². The van der Waals surface area contributed by atoms with Crippen molar-refractivity contribution in [2.45, 2.75) is 60.8 Å². The summed E-state index contributed by atoms with van der Waals surface area (Å²) in [6, 6.07) is 0. The molecular weight excluding hydrogens is 252 g/mol. The Balaban J connectivity index is -0.000000425. The average molecular weight is 288 g/mol. The Morgan fingerprint density at radius 3 is 1.70 bits per heavy atom. The summed E-state index contributed by atoms with van der Waals surface area (Å²) in [5.41, 5.74) is 0. The number of ether oxygens (including phenoxy) is 3. The van der Waals surface area contributed by atoms with E-state index in [1.54, 1.807) is 14.2 Å². The molecule has 20 heavy (non-hydrogen) atoms. The minimum Gasteiger partial charge on any atom is -0.501 e. The molecule has 0 aromatic carbocycles. The van der Waals surface area contributed by atoms with Crippen molar-refractivity contribution in [1.29, 1.82) is 0 Å². The Kier molecular flexibility index (Phi) is 27.9. The van der Waals surface area contributed by atoms with Crippen molar-refractivity contribution in [3.05, 3.63) is 23.7 Å². The van der Waals surface area contributed by atoms with Gasteiger partial charge in [0.1, 0.15) is 0 Å². The first-order valence-electron chi connectivity index (χ1n) is 7.92. The Labute approximate surface area is 127 Å². The largest absolute Gasteiger partial charge is 0.501 e. The molecule has 0 spiro atoms. The second kappa shape index (κ2) is 23.2. The Morgan fingerprint density at radius 1 is 0.800 bits per heavy atom. The van der Waals surface area contributed by atoms with Crippen LogP contribution in [0.1, 0.15) is 60.8 Å². The van der Waals surface area contributed by atoms with Crippen LogP contribution in [0.2, 0.25) is 0 Å². The molecule has 0 aromatic heterocycles. The van der Waals surface area contributed by atoms with Crippen molar-refractivity contribution < 1.29 is 14.2 Å². The summed E-state index contributed by atoms with van der Waals surface area (Å²) in [7, 11) is 3.40. The molecule has 0 radical (unpaired) electrons. The summed E-state index contributed by atoms with van der Waals surface area (Å²) >= 11 is 0. The van der Waals surface area contributed by atoms with E-state index < -0.39 is 0 Å². The predicted octanol–water partition coefficient (Wildman–Crippen LogP) is 5.33. The van der Waals surface area contributed by atoms with Crippen molar-refractivity contribution in [2.24, 2.45) is 0 Å². The summed E-state index contributed by atoms with van der Waals surface area (Å²) in [5, 5.41) is 0. The first-order chi connectivity index (χ1) is 9.86. The molecule has 1 aliphatic carbocycles. The van der Waals surface area contributed by atoms with E-state index in [-0.39, 0.29) is 0 Å². The molecule has 1 rings (SSSR count). The van der Waals surface area contributed by atoms with Gasteiger partial charge in [-0.15, -0.1) is 0 Å². The minimum atomic E-state index is 0.732. The maximum absolute atomic E-state index is 5.56. The van der Waals surface area contributed by atoms with Crippen molar-refractivity contribution in [3.8, 4) is 0 Å². The molecular formula is C17H36O3. The van der Waals surface area contributed by atoms with Gasteiger partial charge < -0.3 is 14.2 Å². The van der Waals surface area contributed by atoms with Crippen LogP contribution in [0.25, 0.3) is 0 Å². The van der Waals surface area contributed by atoms with E-state index >= 15 is 0 Å². The molecule has 3 nitrogen and oxygen atoms in total. The molecule has 3 heteroatoms. The van der Waals surface area contributed by atoms with E-state index in [0.717, 1.165) is 44.0 Å².